The predicted octanol–water partition coefficient (Wildman–Crippen LogP) is 4.33. The van der Waals surface area contributed by atoms with Crippen LogP contribution in [-0.4, -0.2) is 19.1 Å². The second kappa shape index (κ2) is 7.66. The van der Waals surface area contributed by atoms with Gasteiger partial charge in [0.1, 0.15) is 11.6 Å². The van der Waals surface area contributed by atoms with Crippen molar-refractivity contribution in [3.63, 3.8) is 0 Å². The number of anilines is 1. The van der Waals surface area contributed by atoms with E-state index >= 15 is 0 Å². The minimum absolute atomic E-state index is 0.176. The first kappa shape index (κ1) is 16.1. The number of allylic oxidation sites excluding steroid dienone is 1. The molecule has 2 rings (SSSR count). The van der Waals surface area contributed by atoms with Gasteiger partial charge in [-0.05, 0) is 54.8 Å². The Hall–Kier alpha value is -2.27. The molecule has 0 heterocycles. The average molecular weight is 317 g/mol. The molecule has 0 saturated heterocycles. The first-order valence-electron chi connectivity index (χ1n) is 6.59. The fraction of sp³-hybridized carbons (Fsp3) is 0.118. The van der Waals surface area contributed by atoms with Crippen molar-refractivity contribution in [1.29, 1.82) is 0 Å². The second-order valence-electron chi connectivity index (χ2n) is 4.44. The lowest BCUT2D eigenvalue weighted by Gasteiger charge is -2.09. The Morgan fingerprint density at radius 2 is 1.77 bits per heavy atom. The number of thioether (sulfide) groups is 1. The van der Waals surface area contributed by atoms with Gasteiger partial charge in [-0.25, -0.2) is 4.39 Å². The SMILES string of the molecule is COc1ccc(N/C(=C/C(=O)c2ccc(F)cc2)SC)cc1. The van der Waals surface area contributed by atoms with Crippen molar-refractivity contribution in [2.45, 2.75) is 0 Å². The summed E-state index contributed by atoms with van der Waals surface area (Å²) in [5.41, 5.74) is 1.30. The van der Waals surface area contributed by atoms with Gasteiger partial charge in [0.15, 0.2) is 5.78 Å². The van der Waals surface area contributed by atoms with Crippen LogP contribution in [0.3, 0.4) is 0 Å². The van der Waals surface area contributed by atoms with Crippen LogP contribution in [-0.2, 0) is 0 Å². The molecule has 0 aliphatic heterocycles. The highest BCUT2D eigenvalue weighted by atomic mass is 32.2. The number of benzene rings is 2. The molecule has 5 heteroatoms. The maximum atomic E-state index is 12.9. The zero-order valence-corrected chi connectivity index (χ0v) is 13.1. The Balaban J connectivity index is 2.12. The number of halogens is 1. The van der Waals surface area contributed by atoms with Crippen LogP contribution in [0.2, 0.25) is 0 Å². The van der Waals surface area contributed by atoms with E-state index in [2.05, 4.69) is 5.32 Å². The van der Waals surface area contributed by atoms with Crippen LogP contribution in [0, 0.1) is 5.82 Å². The number of ketones is 1. The molecule has 0 aliphatic carbocycles. The van der Waals surface area contributed by atoms with Crippen LogP contribution in [0.1, 0.15) is 10.4 Å². The number of rotatable bonds is 6. The largest absolute Gasteiger partial charge is 0.497 e. The van der Waals surface area contributed by atoms with Crippen LogP contribution in [0.5, 0.6) is 5.75 Å². The van der Waals surface area contributed by atoms with Crippen LogP contribution < -0.4 is 10.1 Å². The third-order valence-electron chi connectivity index (χ3n) is 2.97. The van der Waals surface area contributed by atoms with Crippen molar-refractivity contribution in [1.82, 2.24) is 0 Å². The predicted molar refractivity (Wildman–Crippen MR) is 88.9 cm³/mol. The molecule has 1 N–H and O–H groups in total. The summed E-state index contributed by atoms with van der Waals surface area (Å²) in [6.45, 7) is 0. The maximum Gasteiger partial charge on any atom is 0.188 e. The van der Waals surface area contributed by atoms with Gasteiger partial charge in [-0.15, -0.1) is 11.8 Å². The van der Waals surface area contributed by atoms with E-state index in [4.69, 9.17) is 4.74 Å². The Labute approximate surface area is 133 Å². The molecule has 0 unspecified atom stereocenters. The van der Waals surface area contributed by atoms with Gasteiger partial charge in [-0.1, -0.05) is 0 Å². The van der Waals surface area contributed by atoms with Crippen LogP contribution >= 0.6 is 11.8 Å². The fourth-order valence-corrected chi connectivity index (χ4v) is 2.22. The van der Waals surface area contributed by atoms with Crippen molar-refractivity contribution >= 4 is 23.2 Å². The van der Waals surface area contributed by atoms with E-state index in [0.717, 1.165) is 11.4 Å². The first-order valence-corrected chi connectivity index (χ1v) is 7.81. The number of hydrogen-bond acceptors (Lipinski definition) is 4. The molecule has 0 bridgehead atoms. The summed E-state index contributed by atoms with van der Waals surface area (Å²) in [6.07, 6.45) is 3.38. The molecular formula is C17H16FNO2S. The Morgan fingerprint density at radius 3 is 2.32 bits per heavy atom. The van der Waals surface area contributed by atoms with Gasteiger partial charge < -0.3 is 10.1 Å². The molecular weight excluding hydrogens is 301 g/mol. The number of hydrogen-bond donors (Lipinski definition) is 1. The molecule has 0 aromatic heterocycles. The lowest BCUT2D eigenvalue weighted by atomic mass is 10.1. The van der Waals surface area contributed by atoms with E-state index in [-0.39, 0.29) is 11.6 Å². The highest BCUT2D eigenvalue weighted by molar-refractivity contribution is 8.02. The van der Waals surface area contributed by atoms with Gasteiger partial charge in [-0.3, -0.25) is 4.79 Å². The summed E-state index contributed by atoms with van der Waals surface area (Å²) in [7, 11) is 1.61. The molecule has 114 valence electrons. The van der Waals surface area contributed by atoms with Crippen LogP contribution in [0.15, 0.2) is 59.6 Å². The van der Waals surface area contributed by atoms with E-state index in [1.807, 2.05) is 30.5 Å². The fourth-order valence-electron chi connectivity index (χ4n) is 1.78. The number of methoxy groups -OCH3 is 1. The van der Waals surface area contributed by atoms with Gasteiger partial charge in [-0.2, -0.15) is 0 Å². The Kier molecular flexibility index (Phi) is 5.61. The second-order valence-corrected chi connectivity index (χ2v) is 5.29. The van der Waals surface area contributed by atoms with Crippen LogP contribution in [0.4, 0.5) is 10.1 Å². The molecule has 3 nitrogen and oxygen atoms in total. The standard InChI is InChI=1S/C17H16FNO2S/c1-21-15-9-7-14(8-10-15)19-17(22-2)11-16(20)12-3-5-13(18)6-4-12/h3-11,19H,1-2H3/b17-11-. The quantitative estimate of drug-likeness (QED) is 0.635. The first-order chi connectivity index (χ1) is 10.6. The lowest BCUT2D eigenvalue weighted by molar-refractivity contribution is 0.104. The number of ether oxygens (including phenoxy) is 1. The highest BCUT2D eigenvalue weighted by Gasteiger charge is 2.06. The summed E-state index contributed by atoms with van der Waals surface area (Å²) in [6, 6.07) is 12.9. The molecule has 0 spiro atoms. The number of nitrogens with one attached hydrogen (secondary N) is 1. The van der Waals surface area contributed by atoms with E-state index in [0.29, 0.717) is 10.6 Å². The molecule has 0 radical (unpaired) electrons. The molecule has 0 amide bonds. The molecule has 0 saturated carbocycles. The lowest BCUT2D eigenvalue weighted by Crippen LogP contribution is -2.01. The molecule has 22 heavy (non-hydrogen) atoms. The van der Waals surface area contributed by atoms with Crippen LogP contribution in [0.25, 0.3) is 0 Å². The average Bonchev–Trinajstić information content (AvgIpc) is 2.55. The van der Waals surface area contributed by atoms with E-state index in [9.17, 15) is 9.18 Å². The van der Waals surface area contributed by atoms with E-state index in [1.54, 1.807) is 7.11 Å². The van der Waals surface area contributed by atoms with Gasteiger partial charge in [0.25, 0.3) is 0 Å². The highest BCUT2D eigenvalue weighted by Crippen LogP contribution is 2.20. The Bertz CT molecular complexity index is 666. The summed E-state index contributed by atoms with van der Waals surface area (Å²) in [5.74, 6) is 0.231. The normalized spacial score (nSPS) is 11.1. The van der Waals surface area contributed by atoms with Gasteiger partial charge in [0.2, 0.25) is 0 Å². The van der Waals surface area contributed by atoms with E-state index < -0.39 is 0 Å². The van der Waals surface area contributed by atoms with Crippen molar-refractivity contribution in [2.75, 3.05) is 18.7 Å². The zero-order chi connectivity index (χ0) is 15.9. The molecule has 0 aliphatic rings. The van der Waals surface area contributed by atoms with Crippen molar-refractivity contribution in [3.8, 4) is 5.75 Å². The summed E-state index contributed by atoms with van der Waals surface area (Å²) in [4.78, 5) is 12.1. The monoisotopic (exact) mass is 317 g/mol. The third kappa shape index (κ3) is 4.36. The maximum absolute atomic E-state index is 12.9. The van der Waals surface area contributed by atoms with Crippen molar-refractivity contribution in [3.05, 3.63) is 71.0 Å². The van der Waals surface area contributed by atoms with Crippen molar-refractivity contribution < 1.29 is 13.9 Å². The molecule has 2 aromatic rings. The molecule has 0 fully saturated rings. The summed E-state index contributed by atoms with van der Waals surface area (Å²) < 4.78 is 18.0. The van der Waals surface area contributed by atoms with Crippen molar-refractivity contribution in [2.24, 2.45) is 0 Å². The third-order valence-corrected chi connectivity index (χ3v) is 3.63. The Morgan fingerprint density at radius 1 is 1.14 bits per heavy atom. The smallest absolute Gasteiger partial charge is 0.188 e. The van der Waals surface area contributed by atoms with Gasteiger partial charge in [0.05, 0.1) is 12.1 Å². The molecule has 0 atom stereocenters. The van der Waals surface area contributed by atoms with E-state index in [1.165, 1.54) is 42.1 Å². The summed E-state index contributed by atoms with van der Waals surface area (Å²) in [5, 5.41) is 3.87. The molecule has 2 aromatic carbocycles. The minimum atomic E-state index is -0.359. The minimum Gasteiger partial charge on any atom is -0.497 e. The number of carbonyl (C=O) groups excluding carboxylic acids is 1. The zero-order valence-electron chi connectivity index (χ0n) is 12.3. The number of carbonyl (C=O) groups is 1. The summed E-state index contributed by atoms with van der Waals surface area (Å²) >= 11 is 1.42. The van der Waals surface area contributed by atoms with Gasteiger partial charge in [0, 0.05) is 17.3 Å². The van der Waals surface area contributed by atoms with Gasteiger partial charge >= 0.3 is 0 Å². The topological polar surface area (TPSA) is 38.3 Å².